The molecule has 0 spiro atoms. The Morgan fingerprint density at radius 1 is 1.10 bits per heavy atom. The second-order valence-corrected chi connectivity index (χ2v) is 4.01. The highest BCUT2D eigenvalue weighted by Gasteiger charge is 2.10. The standard InChI is InChI=1S/C14H19FO6/c1-18-4-5-19-6-7-20-8-9-21-11-2-3-12(14(16)17)13(15)10-11/h2-3,10H,4-9H2,1H3,(H,16,17). The predicted molar refractivity (Wildman–Crippen MR) is 72.4 cm³/mol. The van der Waals surface area contributed by atoms with Crippen LogP contribution < -0.4 is 4.74 Å². The van der Waals surface area contributed by atoms with E-state index in [1.165, 1.54) is 6.07 Å². The Balaban J connectivity index is 2.13. The van der Waals surface area contributed by atoms with Crippen molar-refractivity contribution in [2.75, 3.05) is 46.8 Å². The number of hydrogen-bond donors (Lipinski definition) is 1. The summed E-state index contributed by atoms with van der Waals surface area (Å²) >= 11 is 0. The van der Waals surface area contributed by atoms with E-state index in [0.717, 1.165) is 12.1 Å². The zero-order valence-electron chi connectivity index (χ0n) is 11.8. The number of carboxylic acids is 1. The summed E-state index contributed by atoms with van der Waals surface area (Å²) in [7, 11) is 1.60. The number of halogens is 1. The fourth-order valence-corrected chi connectivity index (χ4v) is 1.44. The van der Waals surface area contributed by atoms with Crippen LogP contribution in [0, 0.1) is 5.82 Å². The Morgan fingerprint density at radius 2 is 1.71 bits per heavy atom. The number of benzene rings is 1. The molecule has 0 heterocycles. The molecule has 21 heavy (non-hydrogen) atoms. The van der Waals surface area contributed by atoms with Gasteiger partial charge in [-0.1, -0.05) is 0 Å². The number of rotatable bonds is 11. The Morgan fingerprint density at radius 3 is 2.29 bits per heavy atom. The number of aromatic carboxylic acids is 1. The first-order chi connectivity index (χ1) is 10.1. The molecule has 1 aromatic rings. The van der Waals surface area contributed by atoms with Crippen molar-refractivity contribution in [3.05, 3.63) is 29.6 Å². The summed E-state index contributed by atoms with van der Waals surface area (Å²) in [4.78, 5) is 10.6. The zero-order chi connectivity index (χ0) is 15.5. The van der Waals surface area contributed by atoms with E-state index >= 15 is 0 Å². The van der Waals surface area contributed by atoms with Crippen molar-refractivity contribution in [3.63, 3.8) is 0 Å². The summed E-state index contributed by atoms with van der Waals surface area (Å²) < 4.78 is 33.9. The van der Waals surface area contributed by atoms with Crippen molar-refractivity contribution >= 4 is 5.97 Å². The maximum atomic E-state index is 13.4. The van der Waals surface area contributed by atoms with Crippen molar-refractivity contribution in [3.8, 4) is 5.75 Å². The van der Waals surface area contributed by atoms with Crippen LogP contribution in [0.4, 0.5) is 4.39 Å². The highest BCUT2D eigenvalue weighted by atomic mass is 19.1. The van der Waals surface area contributed by atoms with E-state index in [1.54, 1.807) is 7.11 Å². The first kappa shape index (κ1) is 17.4. The molecule has 0 radical (unpaired) electrons. The van der Waals surface area contributed by atoms with E-state index < -0.39 is 11.8 Å². The highest BCUT2D eigenvalue weighted by molar-refractivity contribution is 5.88. The van der Waals surface area contributed by atoms with Crippen molar-refractivity contribution in [2.45, 2.75) is 0 Å². The van der Waals surface area contributed by atoms with Crippen LogP contribution in [0.5, 0.6) is 5.75 Å². The summed E-state index contributed by atoms with van der Waals surface area (Å²) in [5.41, 5.74) is -0.383. The molecule has 0 aliphatic rings. The lowest BCUT2D eigenvalue weighted by Gasteiger charge is -2.08. The van der Waals surface area contributed by atoms with E-state index in [9.17, 15) is 9.18 Å². The molecule has 0 amide bonds. The molecule has 118 valence electrons. The minimum Gasteiger partial charge on any atom is -0.491 e. The van der Waals surface area contributed by atoms with E-state index in [1.807, 2.05) is 0 Å². The van der Waals surface area contributed by atoms with Crippen LogP contribution in [0.25, 0.3) is 0 Å². The van der Waals surface area contributed by atoms with Gasteiger partial charge in [0.1, 0.15) is 18.2 Å². The largest absolute Gasteiger partial charge is 0.491 e. The van der Waals surface area contributed by atoms with E-state index in [2.05, 4.69) is 0 Å². The molecule has 1 aromatic carbocycles. The fourth-order valence-electron chi connectivity index (χ4n) is 1.44. The van der Waals surface area contributed by atoms with Crippen molar-refractivity contribution in [1.29, 1.82) is 0 Å². The van der Waals surface area contributed by atoms with Crippen LogP contribution in [0.2, 0.25) is 0 Å². The summed E-state index contributed by atoms with van der Waals surface area (Å²) in [6.07, 6.45) is 0. The van der Waals surface area contributed by atoms with Crippen LogP contribution in [0.15, 0.2) is 18.2 Å². The molecule has 0 saturated heterocycles. The van der Waals surface area contributed by atoms with E-state index in [0.29, 0.717) is 33.0 Å². The second kappa shape index (κ2) is 10.1. The molecule has 1 rings (SSSR count). The maximum absolute atomic E-state index is 13.4. The average Bonchev–Trinajstić information content (AvgIpc) is 2.45. The predicted octanol–water partition coefficient (Wildman–Crippen LogP) is 1.58. The molecule has 0 aromatic heterocycles. The summed E-state index contributed by atoms with van der Waals surface area (Å²) in [6.45, 7) is 2.52. The van der Waals surface area contributed by atoms with Gasteiger partial charge in [-0.05, 0) is 12.1 Å². The van der Waals surface area contributed by atoms with Gasteiger partial charge in [0, 0.05) is 13.2 Å². The minimum absolute atomic E-state index is 0.240. The van der Waals surface area contributed by atoms with Crippen LogP contribution in [0.3, 0.4) is 0 Å². The van der Waals surface area contributed by atoms with Crippen molar-refractivity contribution in [1.82, 2.24) is 0 Å². The molecule has 7 heteroatoms. The quantitative estimate of drug-likeness (QED) is 0.626. The van der Waals surface area contributed by atoms with E-state index in [4.69, 9.17) is 24.1 Å². The van der Waals surface area contributed by atoms with Gasteiger partial charge in [0.25, 0.3) is 0 Å². The number of methoxy groups -OCH3 is 1. The smallest absolute Gasteiger partial charge is 0.338 e. The molecule has 1 N–H and O–H groups in total. The summed E-state index contributed by atoms with van der Waals surface area (Å²) in [5, 5.41) is 8.69. The van der Waals surface area contributed by atoms with Gasteiger partial charge in [-0.15, -0.1) is 0 Å². The third-order valence-corrected chi connectivity index (χ3v) is 2.47. The number of ether oxygens (including phenoxy) is 4. The lowest BCUT2D eigenvalue weighted by molar-refractivity contribution is 0.0179. The highest BCUT2D eigenvalue weighted by Crippen LogP contribution is 2.16. The fraction of sp³-hybridized carbons (Fsp3) is 0.500. The van der Waals surface area contributed by atoms with Gasteiger partial charge in [-0.25, -0.2) is 9.18 Å². The number of hydrogen-bond acceptors (Lipinski definition) is 5. The Hall–Kier alpha value is -1.70. The third-order valence-electron chi connectivity index (χ3n) is 2.47. The molecule has 0 atom stereocenters. The molecule has 0 bridgehead atoms. The lowest BCUT2D eigenvalue weighted by Crippen LogP contribution is -2.12. The molecule has 0 unspecified atom stereocenters. The molecule has 6 nitrogen and oxygen atoms in total. The molecule has 0 aliphatic heterocycles. The average molecular weight is 302 g/mol. The van der Waals surface area contributed by atoms with Crippen LogP contribution in [-0.4, -0.2) is 57.8 Å². The normalized spacial score (nSPS) is 10.6. The molecule has 0 saturated carbocycles. The molecule has 0 aliphatic carbocycles. The monoisotopic (exact) mass is 302 g/mol. The van der Waals surface area contributed by atoms with Gasteiger partial charge >= 0.3 is 5.97 Å². The van der Waals surface area contributed by atoms with Gasteiger partial charge in [-0.3, -0.25) is 0 Å². The third kappa shape index (κ3) is 7.03. The Kier molecular flexibility index (Phi) is 8.34. The van der Waals surface area contributed by atoms with Gasteiger partial charge in [0.2, 0.25) is 0 Å². The Labute approximate surface area is 122 Å². The summed E-state index contributed by atoms with van der Waals surface area (Å²) in [5.74, 6) is -1.87. The maximum Gasteiger partial charge on any atom is 0.338 e. The molecular formula is C14H19FO6. The number of carbonyl (C=O) groups is 1. The first-order valence-corrected chi connectivity index (χ1v) is 6.45. The van der Waals surface area contributed by atoms with Gasteiger partial charge in [0.15, 0.2) is 0 Å². The van der Waals surface area contributed by atoms with Gasteiger partial charge in [0.05, 0.1) is 38.6 Å². The first-order valence-electron chi connectivity index (χ1n) is 6.45. The topological polar surface area (TPSA) is 74.2 Å². The van der Waals surface area contributed by atoms with Gasteiger partial charge < -0.3 is 24.1 Å². The van der Waals surface area contributed by atoms with Crippen LogP contribution in [0.1, 0.15) is 10.4 Å². The zero-order valence-corrected chi connectivity index (χ0v) is 11.8. The molecule has 0 fully saturated rings. The van der Waals surface area contributed by atoms with Crippen molar-refractivity contribution < 1.29 is 33.2 Å². The lowest BCUT2D eigenvalue weighted by atomic mass is 10.2. The van der Waals surface area contributed by atoms with Crippen LogP contribution in [-0.2, 0) is 14.2 Å². The number of carboxylic acid groups (broad SMARTS) is 1. The second-order valence-electron chi connectivity index (χ2n) is 4.01. The minimum atomic E-state index is -1.31. The summed E-state index contributed by atoms with van der Waals surface area (Å²) in [6, 6.07) is 3.61. The van der Waals surface area contributed by atoms with Crippen LogP contribution >= 0.6 is 0 Å². The SMILES string of the molecule is COCCOCCOCCOc1ccc(C(=O)O)c(F)c1. The van der Waals surface area contributed by atoms with Gasteiger partial charge in [-0.2, -0.15) is 0 Å². The van der Waals surface area contributed by atoms with Crippen molar-refractivity contribution in [2.24, 2.45) is 0 Å². The molecular weight excluding hydrogens is 283 g/mol. The Bertz CT molecular complexity index is 437. The van der Waals surface area contributed by atoms with E-state index in [-0.39, 0.29) is 17.9 Å².